The number of nitrogens with zero attached hydrogens (tertiary/aromatic N) is 3. The average Bonchev–Trinajstić information content (AvgIpc) is 3.25. The van der Waals surface area contributed by atoms with E-state index in [9.17, 15) is 18.0 Å². The van der Waals surface area contributed by atoms with Crippen molar-refractivity contribution in [2.24, 2.45) is 0 Å². The first-order valence-electron chi connectivity index (χ1n) is 9.86. The normalized spacial score (nSPS) is 19.8. The third-order valence-electron chi connectivity index (χ3n) is 5.45. The number of carbonyl (C=O) groups is 1. The van der Waals surface area contributed by atoms with Crippen LogP contribution in [-0.2, 0) is 11.0 Å². The van der Waals surface area contributed by atoms with E-state index in [4.69, 9.17) is 0 Å². The molecule has 1 N–H and O–H groups in total. The van der Waals surface area contributed by atoms with Gasteiger partial charge in [0.15, 0.2) is 0 Å². The molecule has 30 heavy (non-hydrogen) atoms. The summed E-state index contributed by atoms with van der Waals surface area (Å²) in [6.07, 6.45) is -0.643. The lowest BCUT2D eigenvalue weighted by Gasteiger charge is -2.37. The molecule has 0 saturated carbocycles. The molecule has 2 aromatic carbocycles. The smallest absolute Gasteiger partial charge is 0.369 e. The Morgan fingerprint density at radius 3 is 2.43 bits per heavy atom. The van der Waals surface area contributed by atoms with Crippen LogP contribution in [0.1, 0.15) is 17.2 Å². The van der Waals surface area contributed by atoms with Crippen LogP contribution in [0.15, 0.2) is 66.9 Å². The topological polar surface area (TPSA) is 38.8 Å². The van der Waals surface area contributed by atoms with Gasteiger partial charge in [-0.05, 0) is 29.8 Å². The molecule has 2 aromatic rings. The molecular weight excluding hydrogens is 393 g/mol. The van der Waals surface area contributed by atoms with Crippen LogP contribution in [-0.4, -0.2) is 48.5 Å². The molecule has 2 aliphatic heterocycles. The quantitative estimate of drug-likeness (QED) is 0.829. The van der Waals surface area contributed by atoms with Crippen molar-refractivity contribution in [2.45, 2.75) is 12.2 Å². The predicted molar refractivity (Wildman–Crippen MR) is 108 cm³/mol. The van der Waals surface area contributed by atoms with Crippen molar-refractivity contribution in [1.82, 2.24) is 15.3 Å². The Kier molecular flexibility index (Phi) is 5.67. The summed E-state index contributed by atoms with van der Waals surface area (Å²) in [5, 5.41) is 1.62. The molecule has 1 saturated heterocycles. The van der Waals surface area contributed by atoms with Gasteiger partial charge in [-0.25, -0.2) is 5.01 Å². The van der Waals surface area contributed by atoms with Gasteiger partial charge in [-0.15, -0.1) is 0 Å². The number of nitrogens with one attached hydrogen (secondary N) is 1. The summed E-state index contributed by atoms with van der Waals surface area (Å²) in [4.78, 5) is 16.8. The monoisotopic (exact) mass is 416 g/mol. The number of benzene rings is 2. The van der Waals surface area contributed by atoms with Crippen LogP contribution in [0.4, 0.5) is 18.9 Å². The minimum absolute atomic E-state index is 0.0404. The molecule has 0 bridgehead atoms. The molecule has 4 rings (SSSR count). The van der Waals surface area contributed by atoms with Crippen molar-refractivity contribution in [3.63, 3.8) is 0 Å². The summed E-state index contributed by atoms with van der Waals surface area (Å²) < 4.78 is 38.9. The van der Waals surface area contributed by atoms with E-state index in [1.54, 1.807) is 17.3 Å². The number of rotatable bonds is 4. The fraction of sp³-hybridized carbons (Fsp3) is 0.318. The van der Waals surface area contributed by atoms with E-state index in [1.165, 1.54) is 12.1 Å². The largest absolute Gasteiger partial charge is 0.416 e. The Bertz CT molecular complexity index is 908. The highest BCUT2D eigenvalue weighted by Crippen LogP contribution is 2.32. The molecule has 0 aromatic heterocycles. The molecule has 2 heterocycles. The molecule has 0 unspecified atom stereocenters. The van der Waals surface area contributed by atoms with Crippen molar-refractivity contribution in [1.29, 1.82) is 0 Å². The number of alkyl halides is 3. The Balaban J connectivity index is 1.33. The van der Waals surface area contributed by atoms with Gasteiger partial charge in [-0.3, -0.25) is 9.69 Å². The molecule has 1 amide bonds. The second-order valence-corrected chi connectivity index (χ2v) is 7.42. The van der Waals surface area contributed by atoms with E-state index in [1.807, 2.05) is 46.2 Å². The molecule has 0 spiro atoms. The van der Waals surface area contributed by atoms with Gasteiger partial charge in [0.25, 0.3) is 5.91 Å². The minimum Gasteiger partial charge on any atom is -0.369 e. The lowest BCUT2D eigenvalue weighted by Crippen LogP contribution is -2.51. The molecule has 158 valence electrons. The van der Waals surface area contributed by atoms with Gasteiger partial charge < -0.3 is 10.3 Å². The van der Waals surface area contributed by atoms with Crippen LogP contribution in [0.5, 0.6) is 0 Å². The first-order valence-corrected chi connectivity index (χ1v) is 9.86. The van der Waals surface area contributed by atoms with Gasteiger partial charge in [0.2, 0.25) is 0 Å². The number of hydrogen-bond acceptors (Lipinski definition) is 4. The molecule has 0 aliphatic carbocycles. The Labute approximate surface area is 173 Å². The van der Waals surface area contributed by atoms with Crippen molar-refractivity contribution >= 4 is 11.6 Å². The van der Waals surface area contributed by atoms with Gasteiger partial charge in [-0.2, -0.15) is 13.2 Å². The number of amides is 1. The fourth-order valence-electron chi connectivity index (χ4n) is 3.83. The zero-order chi connectivity index (χ0) is 21.1. The standard InChI is InChI=1S/C22H23F3N4O/c23-22(24,25)18-7-4-8-19(15-18)28-13-11-27(12-14-28)16-21(30)29-20(9-10-26-29)17-5-2-1-3-6-17/h1-10,15,20,26H,11-14,16H2/t20-/m1/s1. The van der Waals surface area contributed by atoms with Crippen molar-refractivity contribution < 1.29 is 18.0 Å². The highest BCUT2D eigenvalue weighted by Gasteiger charge is 2.32. The van der Waals surface area contributed by atoms with E-state index in [-0.39, 0.29) is 18.5 Å². The fourth-order valence-corrected chi connectivity index (χ4v) is 3.83. The zero-order valence-electron chi connectivity index (χ0n) is 16.3. The third-order valence-corrected chi connectivity index (χ3v) is 5.45. The van der Waals surface area contributed by atoms with Crippen LogP contribution in [0.2, 0.25) is 0 Å². The third kappa shape index (κ3) is 4.43. The van der Waals surface area contributed by atoms with Crippen molar-refractivity contribution in [3.05, 3.63) is 78.0 Å². The predicted octanol–water partition coefficient (Wildman–Crippen LogP) is 3.43. The molecule has 2 aliphatic rings. The van der Waals surface area contributed by atoms with Crippen molar-refractivity contribution in [2.75, 3.05) is 37.6 Å². The summed E-state index contributed by atoms with van der Waals surface area (Å²) in [6.45, 7) is 2.62. The van der Waals surface area contributed by atoms with E-state index in [0.717, 1.165) is 11.6 Å². The van der Waals surface area contributed by atoms with Gasteiger partial charge in [-0.1, -0.05) is 36.4 Å². The van der Waals surface area contributed by atoms with E-state index < -0.39 is 11.7 Å². The van der Waals surface area contributed by atoms with Crippen LogP contribution < -0.4 is 10.3 Å². The Morgan fingerprint density at radius 2 is 1.73 bits per heavy atom. The van der Waals surface area contributed by atoms with Gasteiger partial charge >= 0.3 is 6.18 Å². The highest BCUT2D eigenvalue weighted by atomic mass is 19.4. The van der Waals surface area contributed by atoms with E-state index >= 15 is 0 Å². The Morgan fingerprint density at radius 1 is 1.00 bits per heavy atom. The summed E-state index contributed by atoms with van der Waals surface area (Å²) in [5.74, 6) is -0.0404. The highest BCUT2D eigenvalue weighted by molar-refractivity contribution is 5.79. The van der Waals surface area contributed by atoms with Crippen LogP contribution in [0, 0.1) is 0 Å². The van der Waals surface area contributed by atoms with Gasteiger partial charge in [0, 0.05) is 38.1 Å². The number of piperazine rings is 1. The van der Waals surface area contributed by atoms with Crippen molar-refractivity contribution in [3.8, 4) is 0 Å². The maximum absolute atomic E-state index is 13.0. The van der Waals surface area contributed by atoms with E-state index in [2.05, 4.69) is 5.43 Å². The molecule has 1 fully saturated rings. The second-order valence-electron chi connectivity index (χ2n) is 7.42. The number of hydrazine groups is 1. The van der Waals surface area contributed by atoms with Crippen LogP contribution in [0.25, 0.3) is 0 Å². The molecule has 8 heteroatoms. The van der Waals surface area contributed by atoms with Gasteiger partial charge in [0.1, 0.15) is 0 Å². The summed E-state index contributed by atoms with van der Waals surface area (Å²) in [7, 11) is 0. The lowest BCUT2D eigenvalue weighted by atomic mass is 10.1. The number of halogens is 3. The number of hydrogen-bond donors (Lipinski definition) is 1. The maximum Gasteiger partial charge on any atom is 0.416 e. The van der Waals surface area contributed by atoms with Crippen LogP contribution in [0.3, 0.4) is 0 Å². The summed E-state index contributed by atoms with van der Waals surface area (Å²) >= 11 is 0. The average molecular weight is 416 g/mol. The SMILES string of the molecule is O=C(CN1CCN(c2cccc(C(F)(F)F)c2)CC1)N1NC=C[C@@H]1c1ccccc1. The maximum atomic E-state index is 13.0. The molecule has 0 radical (unpaired) electrons. The molecule has 1 atom stereocenters. The minimum atomic E-state index is -4.35. The summed E-state index contributed by atoms with van der Waals surface area (Å²) in [6, 6.07) is 15.0. The lowest BCUT2D eigenvalue weighted by molar-refractivity contribution is -0.138. The number of carbonyl (C=O) groups excluding carboxylic acids is 1. The number of anilines is 1. The Hall–Kier alpha value is -3.00. The first kappa shape index (κ1) is 20.3. The molecular formula is C22H23F3N4O. The molecule has 5 nitrogen and oxygen atoms in total. The first-order chi connectivity index (χ1) is 14.4. The van der Waals surface area contributed by atoms with Crippen LogP contribution >= 0.6 is 0 Å². The summed E-state index contributed by atoms with van der Waals surface area (Å²) in [5.41, 5.74) is 3.96. The zero-order valence-corrected chi connectivity index (χ0v) is 16.3. The van der Waals surface area contributed by atoms with E-state index in [0.29, 0.717) is 31.9 Å². The van der Waals surface area contributed by atoms with Gasteiger partial charge in [0.05, 0.1) is 18.2 Å². The second kappa shape index (κ2) is 8.39.